The molecule has 0 saturated carbocycles. The summed E-state index contributed by atoms with van der Waals surface area (Å²) in [5.41, 5.74) is 3.60. The number of nitrogens with one attached hydrogen (secondary N) is 1. The minimum atomic E-state index is -0.195. The van der Waals surface area contributed by atoms with Gasteiger partial charge in [-0.2, -0.15) is 0 Å². The molecule has 6 nitrogen and oxygen atoms in total. The molecule has 0 amide bonds. The van der Waals surface area contributed by atoms with Crippen LogP contribution >= 0.6 is 22.9 Å². The van der Waals surface area contributed by atoms with Gasteiger partial charge in [-0.3, -0.25) is 4.79 Å². The van der Waals surface area contributed by atoms with E-state index in [4.69, 9.17) is 21.1 Å². The summed E-state index contributed by atoms with van der Waals surface area (Å²) >= 11 is 8.12. The molecule has 0 spiro atoms. The highest BCUT2D eigenvalue weighted by Gasteiger charge is 2.20. The number of nitrogens with zero attached hydrogens (tertiary/aromatic N) is 2. The van der Waals surface area contributed by atoms with E-state index in [0.717, 1.165) is 40.3 Å². The van der Waals surface area contributed by atoms with Crippen molar-refractivity contribution in [2.24, 2.45) is 0 Å². The van der Waals surface area contributed by atoms with Gasteiger partial charge < -0.3 is 19.4 Å². The van der Waals surface area contributed by atoms with Crippen LogP contribution in [-0.4, -0.2) is 42.9 Å². The number of aromatic amines is 1. The van der Waals surface area contributed by atoms with Crippen LogP contribution in [0.25, 0.3) is 32.0 Å². The van der Waals surface area contributed by atoms with Gasteiger partial charge in [0.05, 0.1) is 46.3 Å². The number of halogens is 1. The fraction of sp³-hybridized carbons (Fsp3) is 0.250. The van der Waals surface area contributed by atoms with Gasteiger partial charge in [0.2, 0.25) is 0 Å². The van der Waals surface area contributed by atoms with Crippen molar-refractivity contribution in [3.63, 3.8) is 0 Å². The SMILES string of the molecule is CCOc1cc(Cl)c(-c2ccc(-c3nc4ccccc4s3)c(=O)[nH]2)cc1N1CCOCC1. The van der Waals surface area contributed by atoms with Crippen molar-refractivity contribution in [1.29, 1.82) is 0 Å². The largest absolute Gasteiger partial charge is 0.492 e. The number of hydrogen-bond donors (Lipinski definition) is 1. The molecule has 1 aliphatic heterocycles. The lowest BCUT2D eigenvalue weighted by Crippen LogP contribution is -2.36. The number of pyridine rings is 1. The molecule has 8 heteroatoms. The molecule has 0 atom stereocenters. The first kappa shape index (κ1) is 21.0. The summed E-state index contributed by atoms with van der Waals surface area (Å²) in [6.45, 7) is 5.36. The summed E-state index contributed by atoms with van der Waals surface area (Å²) < 4.78 is 12.4. The van der Waals surface area contributed by atoms with Crippen LogP contribution in [0.3, 0.4) is 0 Å². The Kier molecular flexibility index (Phi) is 5.87. The Balaban J connectivity index is 1.55. The number of benzene rings is 2. The fourth-order valence-electron chi connectivity index (χ4n) is 3.86. The average molecular weight is 468 g/mol. The molecule has 32 heavy (non-hydrogen) atoms. The maximum absolute atomic E-state index is 13.0. The highest BCUT2D eigenvalue weighted by atomic mass is 35.5. The van der Waals surface area contributed by atoms with Gasteiger partial charge in [-0.1, -0.05) is 23.7 Å². The molecular weight excluding hydrogens is 446 g/mol. The summed E-state index contributed by atoms with van der Waals surface area (Å²) in [5.74, 6) is 0.733. The van der Waals surface area contributed by atoms with Crippen LogP contribution in [0.15, 0.2) is 53.3 Å². The highest BCUT2D eigenvalue weighted by Crippen LogP contribution is 2.39. The van der Waals surface area contributed by atoms with Gasteiger partial charge in [0, 0.05) is 30.4 Å². The third kappa shape index (κ3) is 3.99. The zero-order valence-electron chi connectivity index (χ0n) is 17.6. The van der Waals surface area contributed by atoms with Gasteiger partial charge in [-0.25, -0.2) is 4.98 Å². The van der Waals surface area contributed by atoms with Crippen LogP contribution < -0.4 is 15.2 Å². The van der Waals surface area contributed by atoms with Crippen molar-refractivity contribution >= 4 is 38.8 Å². The summed E-state index contributed by atoms with van der Waals surface area (Å²) in [7, 11) is 0. The van der Waals surface area contributed by atoms with Gasteiger partial charge in [0.15, 0.2) is 0 Å². The second-order valence-electron chi connectivity index (χ2n) is 7.43. The molecule has 1 saturated heterocycles. The Hall–Kier alpha value is -2.87. The Bertz CT molecular complexity index is 1290. The second-order valence-corrected chi connectivity index (χ2v) is 8.87. The van der Waals surface area contributed by atoms with E-state index >= 15 is 0 Å². The van der Waals surface area contributed by atoms with Gasteiger partial charge >= 0.3 is 0 Å². The van der Waals surface area contributed by atoms with E-state index in [1.54, 1.807) is 0 Å². The summed E-state index contributed by atoms with van der Waals surface area (Å²) in [6.07, 6.45) is 0. The predicted octanol–water partition coefficient (Wildman–Crippen LogP) is 5.21. The van der Waals surface area contributed by atoms with Crippen molar-refractivity contribution in [2.45, 2.75) is 6.92 Å². The van der Waals surface area contributed by atoms with Gasteiger partial charge in [-0.05, 0) is 37.3 Å². The minimum Gasteiger partial charge on any atom is -0.492 e. The monoisotopic (exact) mass is 467 g/mol. The van der Waals surface area contributed by atoms with E-state index < -0.39 is 0 Å². The zero-order valence-corrected chi connectivity index (χ0v) is 19.1. The normalized spacial score (nSPS) is 14.1. The topological polar surface area (TPSA) is 67.5 Å². The Labute approximate surface area is 194 Å². The van der Waals surface area contributed by atoms with Crippen LogP contribution in [0, 0.1) is 0 Å². The Morgan fingerprint density at radius 2 is 1.97 bits per heavy atom. The molecule has 0 radical (unpaired) electrons. The van der Waals surface area contributed by atoms with Crippen LogP contribution in [0.4, 0.5) is 5.69 Å². The fourth-order valence-corrected chi connectivity index (χ4v) is 5.10. The molecule has 1 N–H and O–H groups in total. The smallest absolute Gasteiger partial charge is 0.258 e. The molecule has 1 fully saturated rings. The Morgan fingerprint density at radius 3 is 2.72 bits per heavy atom. The van der Waals surface area contributed by atoms with Crippen molar-refractivity contribution in [3.05, 3.63) is 63.9 Å². The highest BCUT2D eigenvalue weighted by molar-refractivity contribution is 7.21. The van der Waals surface area contributed by atoms with E-state index in [1.165, 1.54) is 11.3 Å². The average Bonchev–Trinajstić information content (AvgIpc) is 3.24. The molecule has 1 aliphatic rings. The molecule has 2 aromatic heterocycles. The maximum atomic E-state index is 13.0. The first-order valence-electron chi connectivity index (χ1n) is 10.5. The molecule has 3 heterocycles. The number of H-pyrrole nitrogens is 1. The Morgan fingerprint density at radius 1 is 1.16 bits per heavy atom. The molecule has 0 unspecified atom stereocenters. The number of rotatable bonds is 5. The lowest BCUT2D eigenvalue weighted by molar-refractivity contribution is 0.122. The molecule has 2 aromatic carbocycles. The van der Waals surface area contributed by atoms with Gasteiger partial charge in [0.1, 0.15) is 10.8 Å². The number of morpholine rings is 1. The van der Waals surface area contributed by atoms with Crippen LogP contribution in [0.2, 0.25) is 5.02 Å². The molecule has 0 aliphatic carbocycles. The van der Waals surface area contributed by atoms with Crippen molar-refractivity contribution in [2.75, 3.05) is 37.8 Å². The van der Waals surface area contributed by atoms with E-state index in [0.29, 0.717) is 41.1 Å². The first-order chi connectivity index (χ1) is 15.6. The van der Waals surface area contributed by atoms with Crippen molar-refractivity contribution in [1.82, 2.24) is 9.97 Å². The van der Waals surface area contributed by atoms with Gasteiger partial charge in [0.25, 0.3) is 5.56 Å². The number of aromatic nitrogens is 2. The lowest BCUT2D eigenvalue weighted by atomic mass is 10.1. The summed E-state index contributed by atoms with van der Waals surface area (Å²) in [5, 5.41) is 1.22. The van der Waals surface area contributed by atoms with E-state index in [-0.39, 0.29) is 5.56 Å². The van der Waals surface area contributed by atoms with Crippen LogP contribution in [0.5, 0.6) is 5.75 Å². The molecular formula is C24H22ClN3O3S. The number of anilines is 1. The molecule has 4 aromatic rings. The number of hydrogen-bond acceptors (Lipinski definition) is 6. The molecule has 0 bridgehead atoms. The van der Waals surface area contributed by atoms with Gasteiger partial charge in [-0.15, -0.1) is 11.3 Å². The number of ether oxygens (including phenoxy) is 2. The number of para-hydroxylation sites is 1. The second kappa shape index (κ2) is 8.94. The quantitative estimate of drug-likeness (QED) is 0.436. The third-order valence-corrected chi connectivity index (χ3v) is 6.81. The van der Waals surface area contributed by atoms with Crippen molar-refractivity contribution < 1.29 is 9.47 Å². The van der Waals surface area contributed by atoms with Crippen molar-refractivity contribution in [3.8, 4) is 27.6 Å². The number of thiazole rings is 1. The summed E-state index contributed by atoms with van der Waals surface area (Å²) in [4.78, 5) is 22.8. The molecule has 164 valence electrons. The van der Waals surface area contributed by atoms with Crippen LogP contribution in [-0.2, 0) is 4.74 Å². The van der Waals surface area contributed by atoms with E-state index in [1.807, 2.05) is 55.5 Å². The predicted molar refractivity (Wildman–Crippen MR) is 130 cm³/mol. The molecule has 5 rings (SSSR count). The summed E-state index contributed by atoms with van der Waals surface area (Å²) in [6, 6.07) is 15.4. The first-order valence-corrected chi connectivity index (χ1v) is 11.7. The maximum Gasteiger partial charge on any atom is 0.258 e. The third-order valence-electron chi connectivity index (χ3n) is 5.42. The standard InChI is InChI=1S/C24H22ClN3O3S/c1-2-31-21-14-17(25)16(13-20(21)28-9-11-30-12-10-28)18-8-7-15(23(29)26-18)24-27-19-5-3-4-6-22(19)32-24/h3-8,13-14H,2,9-12H2,1H3,(H,26,29). The van der Waals surface area contributed by atoms with E-state index in [9.17, 15) is 4.79 Å². The van der Waals surface area contributed by atoms with Crippen LogP contribution in [0.1, 0.15) is 6.92 Å². The lowest BCUT2D eigenvalue weighted by Gasteiger charge is -2.30. The minimum absolute atomic E-state index is 0.195. The number of fused-ring (bicyclic) bond motifs is 1. The zero-order chi connectivity index (χ0) is 22.1. The van der Waals surface area contributed by atoms with E-state index in [2.05, 4.69) is 14.9 Å².